The second-order valence-corrected chi connectivity index (χ2v) is 7.56. The minimum absolute atomic E-state index is 0.307. The average molecular weight is 331 g/mol. The first-order valence-electron chi connectivity index (χ1n) is 8.37. The Balaban J connectivity index is 1.74. The third-order valence-corrected chi connectivity index (χ3v) is 5.29. The monoisotopic (exact) mass is 331 g/mol. The highest BCUT2D eigenvalue weighted by molar-refractivity contribution is 7.99. The lowest BCUT2D eigenvalue weighted by molar-refractivity contribution is 0.157. The van der Waals surface area contributed by atoms with Crippen LogP contribution in [0.1, 0.15) is 31.3 Å². The molecule has 0 spiro atoms. The van der Waals surface area contributed by atoms with Crippen molar-refractivity contribution in [1.82, 2.24) is 25.1 Å². The second-order valence-electron chi connectivity index (χ2n) is 6.33. The number of thioether (sulfide) groups is 1. The quantitative estimate of drug-likeness (QED) is 0.814. The Labute approximate surface area is 142 Å². The van der Waals surface area contributed by atoms with Crippen molar-refractivity contribution >= 4 is 11.8 Å². The number of tetrazole rings is 1. The molecule has 1 aliphatic rings. The van der Waals surface area contributed by atoms with E-state index in [4.69, 9.17) is 0 Å². The van der Waals surface area contributed by atoms with Crippen molar-refractivity contribution in [3.8, 4) is 0 Å². The van der Waals surface area contributed by atoms with Gasteiger partial charge in [-0.3, -0.25) is 4.90 Å². The van der Waals surface area contributed by atoms with Crippen LogP contribution in [0, 0.1) is 5.92 Å². The third kappa shape index (κ3) is 4.12. The summed E-state index contributed by atoms with van der Waals surface area (Å²) in [5.41, 5.74) is 1.32. The average Bonchev–Trinajstić information content (AvgIpc) is 3.03. The van der Waals surface area contributed by atoms with Crippen molar-refractivity contribution < 1.29 is 0 Å². The number of aryl methyl sites for hydroxylation is 2. The number of hydrogen-bond donors (Lipinski definition) is 0. The van der Waals surface area contributed by atoms with Gasteiger partial charge in [0.2, 0.25) is 0 Å². The number of rotatable bonds is 6. The first kappa shape index (κ1) is 16.5. The summed E-state index contributed by atoms with van der Waals surface area (Å²) in [6.07, 6.45) is 0.958. The summed E-state index contributed by atoms with van der Waals surface area (Å²) in [6.45, 7) is 7.61. The van der Waals surface area contributed by atoms with Crippen molar-refractivity contribution in [1.29, 1.82) is 0 Å². The standard InChI is InChI=1S/C17H25N5S/c1-14(2)16(21-10-12-23-13-11-21)17-18-19-20-22(17)9-8-15-6-4-3-5-7-15/h3-7,14,16H,8-13H2,1-2H3/t16-/m0/s1. The van der Waals surface area contributed by atoms with Crippen LogP contribution >= 0.6 is 11.8 Å². The molecule has 1 saturated heterocycles. The first-order valence-corrected chi connectivity index (χ1v) is 9.53. The smallest absolute Gasteiger partial charge is 0.168 e. The molecule has 1 aromatic carbocycles. The van der Waals surface area contributed by atoms with Crippen LogP contribution in [0.5, 0.6) is 0 Å². The Kier molecular flexibility index (Phi) is 5.67. The molecule has 0 aliphatic carbocycles. The van der Waals surface area contributed by atoms with E-state index in [2.05, 4.69) is 64.6 Å². The lowest BCUT2D eigenvalue weighted by Crippen LogP contribution is -2.39. The molecule has 0 amide bonds. The van der Waals surface area contributed by atoms with Gasteiger partial charge in [-0.2, -0.15) is 11.8 Å². The van der Waals surface area contributed by atoms with Crippen LogP contribution in [0.15, 0.2) is 30.3 Å². The van der Waals surface area contributed by atoms with Crippen LogP contribution in [-0.2, 0) is 13.0 Å². The summed E-state index contributed by atoms with van der Waals surface area (Å²) in [5, 5.41) is 12.6. The van der Waals surface area contributed by atoms with E-state index in [1.807, 2.05) is 16.4 Å². The Morgan fingerprint density at radius 1 is 1.13 bits per heavy atom. The van der Waals surface area contributed by atoms with E-state index in [-0.39, 0.29) is 0 Å². The van der Waals surface area contributed by atoms with Gasteiger partial charge in [0.1, 0.15) is 0 Å². The molecule has 0 bridgehead atoms. The van der Waals surface area contributed by atoms with Crippen LogP contribution in [0.3, 0.4) is 0 Å². The van der Waals surface area contributed by atoms with Crippen molar-refractivity contribution in [2.75, 3.05) is 24.6 Å². The maximum atomic E-state index is 4.38. The maximum absolute atomic E-state index is 4.38. The highest BCUT2D eigenvalue weighted by Gasteiger charge is 2.29. The molecule has 1 atom stereocenters. The Bertz CT molecular complexity index is 592. The fourth-order valence-corrected chi connectivity index (χ4v) is 4.13. The molecule has 3 rings (SSSR count). The summed E-state index contributed by atoms with van der Waals surface area (Å²) >= 11 is 2.04. The summed E-state index contributed by atoms with van der Waals surface area (Å²) in [6, 6.07) is 10.8. The topological polar surface area (TPSA) is 46.8 Å². The molecule has 6 heteroatoms. The Morgan fingerprint density at radius 3 is 2.57 bits per heavy atom. The molecule has 0 unspecified atom stereocenters. The largest absolute Gasteiger partial charge is 0.291 e. The van der Waals surface area contributed by atoms with Crippen LogP contribution < -0.4 is 0 Å². The maximum Gasteiger partial charge on any atom is 0.168 e. The van der Waals surface area contributed by atoms with E-state index in [9.17, 15) is 0 Å². The molecular formula is C17H25N5S. The van der Waals surface area contributed by atoms with Gasteiger partial charge in [-0.15, -0.1) is 5.10 Å². The van der Waals surface area contributed by atoms with E-state index in [0.29, 0.717) is 12.0 Å². The fourth-order valence-electron chi connectivity index (χ4n) is 3.20. The summed E-state index contributed by atoms with van der Waals surface area (Å²) in [4.78, 5) is 2.55. The molecule has 1 fully saturated rings. The van der Waals surface area contributed by atoms with E-state index >= 15 is 0 Å². The van der Waals surface area contributed by atoms with E-state index in [1.54, 1.807) is 0 Å². The number of aromatic nitrogens is 4. The van der Waals surface area contributed by atoms with Gasteiger partial charge in [-0.1, -0.05) is 44.2 Å². The van der Waals surface area contributed by atoms with Crippen LogP contribution in [0.25, 0.3) is 0 Å². The van der Waals surface area contributed by atoms with Gasteiger partial charge in [0.05, 0.1) is 6.04 Å². The molecule has 1 aromatic heterocycles. The Morgan fingerprint density at radius 2 is 1.87 bits per heavy atom. The minimum Gasteiger partial charge on any atom is -0.291 e. The van der Waals surface area contributed by atoms with E-state index < -0.39 is 0 Å². The Hall–Kier alpha value is -1.40. The molecular weight excluding hydrogens is 306 g/mol. The van der Waals surface area contributed by atoms with Crippen LogP contribution in [-0.4, -0.2) is 49.7 Å². The zero-order chi connectivity index (χ0) is 16.1. The number of hydrogen-bond acceptors (Lipinski definition) is 5. The SMILES string of the molecule is CC(C)[C@@H](c1nnnn1CCc1ccccc1)N1CCSCC1. The lowest BCUT2D eigenvalue weighted by atomic mass is 10.0. The molecule has 0 saturated carbocycles. The van der Waals surface area contributed by atoms with Crippen LogP contribution in [0.4, 0.5) is 0 Å². The van der Waals surface area contributed by atoms with Crippen molar-refractivity contribution in [3.63, 3.8) is 0 Å². The highest BCUT2D eigenvalue weighted by atomic mass is 32.2. The highest BCUT2D eigenvalue weighted by Crippen LogP contribution is 2.29. The van der Waals surface area contributed by atoms with E-state index in [1.165, 1.54) is 17.1 Å². The molecule has 0 N–H and O–H groups in total. The predicted octanol–water partition coefficient (Wildman–Crippen LogP) is 2.66. The second kappa shape index (κ2) is 7.93. The molecule has 1 aliphatic heterocycles. The fraction of sp³-hybridized carbons (Fsp3) is 0.588. The number of nitrogens with zero attached hydrogens (tertiary/aromatic N) is 5. The summed E-state index contributed by atoms with van der Waals surface area (Å²) in [7, 11) is 0. The molecule has 2 heterocycles. The normalized spacial score (nSPS) is 17.5. The van der Waals surface area contributed by atoms with E-state index in [0.717, 1.165) is 31.9 Å². The molecule has 124 valence electrons. The van der Waals surface area contributed by atoms with Gasteiger partial charge in [-0.05, 0) is 28.3 Å². The molecule has 5 nitrogen and oxygen atoms in total. The zero-order valence-corrected chi connectivity index (χ0v) is 14.7. The van der Waals surface area contributed by atoms with Gasteiger partial charge >= 0.3 is 0 Å². The van der Waals surface area contributed by atoms with Gasteiger partial charge in [-0.25, -0.2) is 4.68 Å². The van der Waals surface area contributed by atoms with Gasteiger partial charge < -0.3 is 0 Å². The lowest BCUT2D eigenvalue weighted by Gasteiger charge is -2.35. The van der Waals surface area contributed by atoms with Crippen molar-refractivity contribution in [2.24, 2.45) is 5.92 Å². The molecule has 2 aromatic rings. The molecule has 0 radical (unpaired) electrons. The minimum atomic E-state index is 0.307. The third-order valence-electron chi connectivity index (χ3n) is 4.35. The van der Waals surface area contributed by atoms with Crippen LogP contribution in [0.2, 0.25) is 0 Å². The zero-order valence-electron chi connectivity index (χ0n) is 13.9. The first-order chi connectivity index (χ1) is 11.3. The predicted molar refractivity (Wildman–Crippen MR) is 94.4 cm³/mol. The van der Waals surface area contributed by atoms with Gasteiger partial charge in [0, 0.05) is 31.1 Å². The van der Waals surface area contributed by atoms with Gasteiger partial charge in [0.15, 0.2) is 5.82 Å². The van der Waals surface area contributed by atoms with Crippen molar-refractivity contribution in [2.45, 2.75) is 32.9 Å². The van der Waals surface area contributed by atoms with Gasteiger partial charge in [0.25, 0.3) is 0 Å². The molecule has 23 heavy (non-hydrogen) atoms. The summed E-state index contributed by atoms with van der Waals surface area (Å²) < 4.78 is 2.00. The summed E-state index contributed by atoms with van der Waals surface area (Å²) in [5.74, 6) is 3.92. The van der Waals surface area contributed by atoms with Crippen molar-refractivity contribution in [3.05, 3.63) is 41.7 Å². The number of benzene rings is 1.